The van der Waals surface area contributed by atoms with Crippen molar-refractivity contribution in [1.82, 2.24) is 15.5 Å². The van der Waals surface area contributed by atoms with Crippen molar-refractivity contribution in [2.24, 2.45) is 11.8 Å². The van der Waals surface area contributed by atoms with Gasteiger partial charge in [-0.1, -0.05) is 48.5 Å². The Hall–Kier alpha value is -3.71. The van der Waals surface area contributed by atoms with Crippen LogP contribution in [0.15, 0.2) is 59.8 Å². The van der Waals surface area contributed by atoms with Gasteiger partial charge in [0.15, 0.2) is 5.60 Å². The van der Waals surface area contributed by atoms with Gasteiger partial charge in [0.1, 0.15) is 6.04 Å². The number of aliphatic hydroxyl groups is 1. The maximum atomic E-state index is 15.4. The van der Waals surface area contributed by atoms with Crippen LogP contribution < -0.4 is 10.6 Å². The Morgan fingerprint density at radius 1 is 1.09 bits per heavy atom. The standard InChI is InChI=1S/C31H32F3N3O6S/c1-44(42,43)25(32)15-18(14-17-12-13-35-27(17)38)36-28(39)26-24-11-10-19(16-30(24,33)34)37(26)29(40)31(41)22-8-4-2-6-20(22)21-7-3-5-9-23(21)31/h2-9,15,17-19,24,26,41H,10-14,16H2,1H3,(H,35,38)(H,36,39)/b25-15-/t17-,18+,19-,24-,26-/m0/s1. The normalized spacial score (nSPS) is 27.3. The first-order valence-corrected chi connectivity index (χ1v) is 16.4. The van der Waals surface area contributed by atoms with Crippen molar-refractivity contribution in [3.05, 3.63) is 70.9 Å². The minimum absolute atomic E-state index is 0.0750. The van der Waals surface area contributed by atoms with E-state index >= 15 is 8.78 Å². The summed E-state index contributed by atoms with van der Waals surface area (Å²) in [7, 11) is -4.31. The first kappa shape index (κ1) is 30.3. The number of carbonyl (C=O) groups excluding carboxylic acids is 3. The number of alkyl halides is 2. The molecule has 2 aliphatic carbocycles. The molecule has 2 aromatic carbocycles. The fourth-order valence-corrected chi connectivity index (χ4v) is 7.73. The molecule has 0 radical (unpaired) electrons. The van der Waals surface area contributed by atoms with Crippen molar-refractivity contribution >= 4 is 27.6 Å². The van der Waals surface area contributed by atoms with Crippen molar-refractivity contribution in [3.63, 3.8) is 0 Å². The highest BCUT2D eigenvalue weighted by atomic mass is 32.2. The Balaban J connectivity index is 1.39. The number of amides is 3. The van der Waals surface area contributed by atoms with Crippen LogP contribution in [-0.4, -0.2) is 73.0 Å². The van der Waals surface area contributed by atoms with Crippen LogP contribution >= 0.6 is 0 Å². The van der Waals surface area contributed by atoms with Crippen LogP contribution in [0, 0.1) is 11.8 Å². The molecule has 234 valence electrons. The second kappa shape index (κ2) is 10.7. The van der Waals surface area contributed by atoms with E-state index in [2.05, 4.69) is 10.6 Å². The second-order valence-electron chi connectivity index (χ2n) is 12.1. The van der Waals surface area contributed by atoms with Crippen molar-refractivity contribution in [1.29, 1.82) is 0 Å². The van der Waals surface area contributed by atoms with Crippen molar-refractivity contribution in [2.45, 2.75) is 61.8 Å². The summed E-state index contributed by atoms with van der Waals surface area (Å²) >= 11 is 0. The van der Waals surface area contributed by atoms with Crippen LogP contribution in [0.2, 0.25) is 0 Å². The third-order valence-corrected chi connectivity index (χ3v) is 10.2. The molecule has 0 aromatic heterocycles. The van der Waals surface area contributed by atoms with E-state index in [4.69, 9.17) is 0 Å². The lowest BCUT2D eigenvalue weighted by atomic mass is 9.70. The predicted octanol–water partition coefficient (Wildman–Crippen LogP) is 2.78. The molecular formula is C31H32F3N3O6S. The Bertz CT molecular complexity index is 1630. The Kier molecular flexibility index (Phi) is 7.39. The smallest absolute Gasteiger partial charge is 0.264 e. The van der Waals surface area contributed by atoms with E-state index in [9.17, 15) is 32.3 Å². The van der Waals surface area contributed by atoms with Crippen LogP contribution in [0.25, 0.3) is 11.1 Å². The van der Waals surface area contributed by atoms with Crippen LogP contribution in [0.4, 0.5) is 13.2 Å². The van der Waals surface area contributed by atoms with E-state index in [0.717, 1.165) is 4.90 Å². The predicted molar refractivity (Wildman–Crippen MR) is 153 cm³/mol. The van der Waals surface area contributed by atoms with Crippen LogP contribution in [0.1, 0.15) is 43.2 Å². The fourth-order valence-electron chi connectivity index (χ4n) is 7.32. The van der Waals surface area contributed by atoms with Gasteiger partial charge >= 0.3 is 0 Å². The van der Waals surface area contributed by atoms with Gasteiger partial charge in [-0.3, -0.25) is 14.4 Å². The van der Waals surface area contributed by atoms with E-state index in [1.54, 1.807) is 48.5 Å². The molecule has 3 aliphatic heterocycles. The minimum atomic E-state index is -4.31. The number of piperidine rings is 2. The number of hydrogen-bond donors (Lipinski definition) is 3. The van der Waals surface area contributed by atoms with E-state index in [1.165, 1.54) is 0 Å². The number of benzene rings is 2. The fraction of sp³-hybridized carbons (Fsp3) is 0.452. The molecule has 3 N–H and O–H groups in total. The molecule has 0 spiro atoms. The summed E-state index contributed by atoms with van der Waals surface area (Å²) in [6.07, 6.45) is 0.872. The number of nitrogens with one attached hydrogen (secondary N) is 2. The molecule has 7 rings (SSSR count). The summed E-state index contributed by atoms with van der Waals surface area (Å²) in [5.41, 5.74) is -0.529. The van der Waals surface area contributed by atoms with Gasteiger partial charge < -0.3 is 20.6 Å². The number of nitrogens with zero attached hydrogens (tertiary/aromatic N) is 1. The number of carbonyl (C=O) groups is 3. The quantitative estimate of drug-likeness (QED) is 0.431. The number of halogens is 3. The van der Waals surface area contributed by atoms with Gasteiger partial charge in [-0.05, 0) is 42.9 Å². The maximum Gasteiger partial charge on any atom is 0.264 e. The minimum Gasteiger partial charge on any atom is -0.372 e. The summed E-state index contributed by atoms with van der Waals surface area (Å²) in [4.78, 5) is 41.8. The second-order valence-corrected chi connectivity index (χ2v) is 14.1. The van der Waals surface area contributed by atoms with Crippen molar-refractivity contribution in [2.75, 3.05) is 12.8 Å². The molecular weight excluding hydrogens is 599 g/mol. The average molecular weight is 632 g/mol. The van der Waals surface area contributed by atoms with Gasteiger partial charge in [0.2, 0.25) is 26.8 Å². The lowest BCUT2D eigenvalue weighted by molar-refractivity contribution is -0.201. The molecule has 44 heavy (non-hydrogen) atoms. The third kappa shape index (κ3) is 4.90. The van der Waals surface area contributed by atoms with Gasteiger partial charge in [-0.2, -0.15) is 4.39 Å². The average Bonchev–Trinajstić information content (AvgIpc) is 3.50. The Morgan fingerprint density at radius 3 is 2.25 bits per heavy atom. The molecule has 3 amide bonds. The largest absolute Gasteiger partial charge is 0.372 e. The summed E-state index contributed by atoms with van der Waals surface area (Å²) in [5, 5.41) is 15.8. The third-order valence-electron chi connectivity index (χ3n) is 9.39. The number of hydrogen-bond acceptors (Lipinski definition) is 6. The molecule has 9 nitrogen and oxygen atoms in total. The van der Waals surface area contributed by atoms with Crippen LogP contribution in [0.3, 0.4) is 0 Å². The first-order chi connectivity index (χ1) is 20.7. The number of rotatable bonds is 7. The topological polar surface area (TPSA) is 133 Å². The van der Waals surface area contributed by atoms with E-state index in [-0.39, 0.29) is 36.3 Å². The van der Waals surface area contributed by atoms with Crippen LogP contribution in [-0.2, 0) is 29.8 Å². The van der Waals surface area contributed by atoms with Gasteiger partial charge in [0.25, 0.3) is 11.8 Å². The van der Waals surface area contributed by atoms with Gasteiger partial charge in [0.05, 0.1) is 12.0 Å². The highest BCUT2D eigenvalue weighted by Gasteiger charge is 2.63. The zero-order valence-electron chi connectivity index (χ0n) is 23.8. The number of fused-ring (bicyclic) bond motifs is 6. The van der Waals surface area contributed by atoms with E-state index < -0.39 is 74.7 Å². The molecule has 4 fully saturated rings. The van der Waals surface area contributed by atoms with E-state index in [1.807, 2.05) is 0 Å². The maximum absolute atomic E-state index is 15.4. The first-order valence-electron chi connectivity index (χ1n) is 14.5. The highest BCUT2D eigenvalue weighted by Crippen LogP contribution is 2.53. The summed E-state index contributed by atoms with van der Waals surface area (Å²) in [6, 6.07) is 9.27. The molecule has 2 aromatic rings. The molecule has 13 heteroatoms. The van der Waals surface area contributed by atoms with Crippen molar-refractivity contribution in [3.8, 4) is 11.1 Å². The lowest BCUT2D eigenvalue weighted by Crippen LogP contribution is -2.70. The molecule has 2 bridgehead atoms. The summed E-state index contributed by atoms with van der Waals surface area (Å²) in [6.45, 7) is 0.338. The molecule has 3 heterocycles. The van der Waals surface area contributed by atoms with Crippen molar-refractivity contribution < 1.29 is 41.1 Å². The highest BCUT2D eigenvalue weighted by molar-refractivity contribution is 7.94. The summed E-state index contributed by atoms with van der Waals surface area (Å²) in [5.74, 6) is -7.94. The van der Waals surface area contributed by atoms with Gasteiger partial charge in [-0.25, -0.2) is 17.2 Å². The van der Waals surface area contributed by atoms with E-state index in [0.29, 0.717) is 36.4 Å². The summed E-state index contributed by atoms with van der Waals surface area (Å²) < 4.78 is 69.1. The van der Waals surface area contributed by atoms with Crippen LogP contribution in [0.5, 0.6) is 0 Å². The molecule has 5 aliphatic rings. The zero-order chi connectivity index (χ0) is 31.6. The van der Waals surface area contributed by atoms with Gasteiger partial charge in [-0.15, -0.1) is 0 Å². The Labute approximate surface area is 252 Å². The molecule has 5 atom stereocenters. The Morgan fingerprint density at radius 2 is 1.70 bits per heavy atom. The molecule has 3 saturated heterocycles. The zero-order valence-corrected chi connectivity index (χ0v) is 24.6. The SMILES string of the molecule is CS(=O)(=O)/C(F)=C\[C@@H](C[C@@H]1CCNC1=O)NC(=O)[C@@H]1[C@@H]2CC[C@@H](CC2(F)F)N1C(=O)C1(O)c2ccccc2-c2ccccc21. The molecule has 0 unspecified atom stereocenters. The number of sulfone groups is 1. The monoisotopic (exact) mass is 631 g/mol. The molecule has 1 saturated carbocycles. The van der Waals surface area contributed by atoms with Gasteiger partial charge in [0, 0.05) is 42.3 Å². The lowest BCUT2D eigenvalue weighted by Gasteiger charge is -2.55.